The summed E-state index contributed by atoms with van der Waals surface area (Å²) in [6.45, 7) is 5.74. The van der Waals surface area contributed by atoms with Crippen LogP contribution in [0.4, 0.5) is 13.2 Å². The number of fused-ring (bicyclic) bond motifs is 2. The number of carbonyl (C=O) groups is 1. The molecule has 3 aliphatic rings. The van der Waals surface area contributed by atoms with Crippen LogP contribution in [-0.2, 0) is 20.9 Å². The summed E-state index contributed by atoms with van der Waals surface area (Å²) in [6, 6.07) is 0. The van der Waals surface area contributed by atoms with Gasteiger partial charge in [-0.1, -0.05) is 6.08 Å². The molecule has 1 aliphatic carbocycles. The Bertz CT molecular complexity index is 1170. The summed E-state index contributed by atoms with van der Waals surface area (Å²) < 4.78 is 60.6. The SMILES string of the molecule is CN(C)/C1=C(\C=C/CN=CC=C(N)CCCC2(C(F)(F)F)CC2)C(=O)N[S+]([O-])C(N)=CC=NCCOC2CN1C(C)(C)C2. The van der Waals surface area contributed by atoms with E-state index in [0.29, 0.717) is 44.1 Å². The van der Waals surface area contributed by atoms with E-state index in [1.165, 1.54) is 18.5 Å². The van der Waals surface area contributed by atoms with Gasteiger partial charge in [0.1, 0.15) is 17.2 Å². The second-order valence-corrected chi connectivity index (χ2v) is 13.1. The van der Waals surface area contributed by atoms with Gasteiger partial charge in [0.25, 0.3) is 5.91 Å². The van der Waals surface area contributed by atoms with Crippen molar-refractivity contribution >= 4 is 29.7 Å². The third-order valence-corrected chi connectivity index (χ3v) is 8.73. The molecule has 2 atom stereocenters. The van der Waals surface area contributed by atoms with Crippen molar-refractivity contribution < 1.29 is 27.3 Å². The molecule has 5 N–H and O–H groups in total. The normalized spacial score (nSPS) is 26.8. The molecule has 240 valence electrons. The van der Waals surface area contributed by atoms with Gasteiger partial charge in [0, 0.05) is 50.4 Å². The van der Waals surface area contributed by atoms with Crippen molar-refractivity contribution in [1.29, 1.82) is 0 Å². The smallest absolute Gasteiger partial charge is 0.394 e. The van der Waals surface area contributed by atoms with E-state index in [0.717, 1.165) is 6.42 Å². The number of rotatable bonds is 9. The average Bonchev–Trinajstić information content (AvgIpc) is 3.65. The summed E-state index contributed by atoms with van der Waals surface area (Å²) in [5.41, 5.74) is 10.7. The third-order valence-electron chi connectivity index (χ3n) is 7.79. The van der Waals surface area contributed by atoms with E-state index in [-0.39, 0.29) is 48.1 Å². The minimum absolute atomic E-state index is 0.0514. The quantitative estimate of drug-likeness (QED) is 0.263. The number of amides is 1. The molecule has 3 rings (SSSR count). The Morgan fingerprint density at radius 2 is 2.09 bits per heavy atom. The van der Waals surface area contributed by atoms with E-state index in [9.17, 15) is 22.5 Å². The van der Waals surface area contributed by atoms with E-state index in [1.54, 1.807) is 18.2 Å². The van der Waals surface area contributed by atoms with Crippen molar-refractivity contribution in [3.05, 3.63) is 46.4 Å². The molecule has 2 aliphatic heterocycles. The zero-order valence-corrected chi connectivity index (χ0v) is 26.1. The number of nitrogens with two attached hydrogens (primary N) is 2. The van der Waals surface area contributed by atoms with Gasteiger partial charge in [0.05, 0.1) is 36.8 Å². The molecule has 0 aromatic rings. The highest BCUT2D eigenvalue weighted by atomic mass is 32.2. The molecule has 2 bridgehead atoms. The summed E-state index contributed by atoms with van der Waals surface area (Å²) >= 11 is -1.99. The lowest BCUT2D eigenvalue weighted by Gasteiger charge is -2.39. The molecular formula is C29H44F3N7O3S. The van der Waals surface area contributed by atoms with E-state index >= 15 is 0 Å². The summed E-state index contributed by atoms with van der Waals surface area (Å²) in [6.07, 6.45) is 6.92. The van der Waals surface area contributed by atoms with E-state index in [4.69, 9.17) is 16.2 Å². The lowest BCUT2D eigenvalue weighted by Crippen LogP contribution is -2.44. The van der Waals surface area contributed by atoms with Crippen LogP contribution in [0.3, 0.4) is 0 Å². The molecule has 0 aromatic carbocycles. The van der Waals surface area contributed by atoms with Gasteiger partial charge in [-0.2, -0.15) is 17.9 Å². The number of hydrogen-bond donors (Lipinski definition) is 3. The highest BCUT2D eigenvalue weighted by Gasteiger charge is 2.62. The van der Waals surface area contributed by atoms with Crippen LogP contribution < -0.4 is 16.2 Å². The molecule has 0 radical (unpaired) electrons. The lowest BCUT2D eigenvalue weighted by atomic mass is 9.98. The van der Waals surface area contributed by atoms with Crippen molar-refractivity contribution in [3.63, 3.8) is 0 Å². The fourth-order valence-corrected chi connectivity index (χ4v) is 5.84. The number of alkyl halides is 3. The van der Waals surface area contributed by atoms with Gasteiger partial charge < -0.3 is 30.6 Å². The Morgan fingerprint density at radius 1 is 1.37 bits per heavy atom. The Kier molecular flexibility index (Phi) is 11.8. The predicted molar refractivity (Wildman–Crippen MR) is 164 cm³/mol. The Balaban J connectivity index is 1.76. The summed E-state index contributed by atoms with van der Waals surface area (Å²) in [7, 11) is 3.67. The maximum Gasteiger partial charge on any atom is 0.394 e. The minimum atomic E-state index is -4.16. The van der Waals surface area contributed by atoms with Gasteiger partial charge in [0.15, 0.2) is 0 Å². The maximum atomic E-state index is 13.5. The van der Waals surface area contributed by atoms with Crippen LogP contribution >= 0.6 is 0 Å². The van der Waals surface area contributed by atoms with E-state index in [2.05, 4.69) is 33.5 Å². The number of ether oxygens (including phenoxy) is 1. The summed E-state index contributed by atoms with van der Waals surface area (Å²) in [5.74, 6) is 0.0398. The first-order valence-electron chi connectivity index (χ1n) is 14.3. The van der Waals surface area contributed by atoms with Crippen LogP contribution in [0.5, 0.6) is 0 Å². The first-order valence-corrected chi connectivity index (χ1v) is 15.5. The molecule has 2 fully saturated rings. The van der Waals surface area contributed by atoms with E-state index in [1.807, 2.05) is 19.0 Å². The number of allylic oxidation sites excluding steroid dienone is 3. The minimum Gasteiger partial charge on any atom is -0.587 e. The highest BCUT2D eigenvalue weighted by molar-refractivity contribution is 7.93. The Hall–Kier alpha value is -2.97. The van der Waals surface area contributed by atoms with Gasteiger partial charge in [0.2, 0.25) is 5.03 Å². The Labute approximate surface area is 255 Å². The van der Waals surface area contributed by atoms with Crippen molar-refractivity contribution in [2.45, 2.75) is 70.2 Å². The van der Waals surface area contributed by atoms with Crippen LogP contribution in [0, 0.1) is 5.41 Å². The number of aliphatic imine (C=N–C) groups is 2. The molecule has 14 heteroatoms. The highest BCUT2D eigenvalue weighted by Crippen LogP contribution is 2.60. The number of nitrogens with one attached hydrogen (secondary N) is 1. The lowest BCUT2D eigenvalue weighted by molar-refractivity contribution is -0.189. The largest absolute Gasteiger partial charge is 0.587 e. The molecule has 1 amide bonds. The second kappa shape index (κ2) is 14.7. The van der Waals surface area contributed by atoms with Crippen LogP contribution in [0.2, 0.25) is 0 Å². The number of halogens is 3. The fourth-order valence-electron chi connectivity index (χ4n) is 5.26. The number of hydrogen-bond acceptors (Lipinski definition) is 9. The van der Waals surface area contributed by atoms with Gasteiger partial charge in [-0.25, -0.2) is 0 Å². The molecule has 2 unspecified atom stereocenters. The molecule has 2 heterocycles. The van der Waals surface area contributed by atoms with Crippen LogP contribution in [0.15, 0.2) is 56.4 Å². The zero-order chi connectivity index (χ0) is 31.8. The van der Waals surface area contributed by atoms with Crippen molar-refractivity contribution in [2.24, 2.45) is 26.9 Å². The van der Waals surface area contributed by atoms with Crippen molar-refractivity contribution in [2.75, 3.05) is 40.3 Å². The van der Waals surface area contributed by atoms with Crippen molar-refractivity contribution in [3.8, 4) is 0 Å². The van der Waals surface area contributed by atoms with Crippen LogP contribution in [0.25, 0.3) is 0 Å². The second-order valence-electron chi connectivity index (χ2n) is 11.9. The van der Waals surface area contributed by atoms with Gasteiger partial charge in [-0.05, 0) is 64.5 Å². The molecule has 43 heavy (non-hydrogen) atoms. The third kappa shape index (κ3) is 9.51. The topological polar surface area (TPSA) is 145 Å². The van der Waals surface area contributed by atoms with Gasteiger partial charge in [-0.3, -0.25) is 14.8 Å². The molecule has 0 spiro atoms. The first kappa shape index (κ1) is 34.5. The Morgan fingerprint density at radius 3 is 2.74 bits per heavy atom. The predicted octanol–water partition coefficient (Wildman–Crippen LogP) is 3.28. The first-order chi connectivity index (χ1) is 20.2. The molecule has 0 aromatic heterocycles. The summed E-state index contributed by atoms with van der Waals surface area (Å²) in [4.78, 5) is 25.9. The van der Waals surface area contributed by atoms with Gasteiger partial charge >= 0.3 is 6.18 Å². The number of carbonyl (C=O) groups excluding carboxylic acids is 1. The van der Waals surface area contributed by atoms with Gasteiger partial charge in [-0.15, -0.1) is 0 Å². The van der Waals surface area contributed by atoms with Crippen LogP contribution in [-0.4, -0.2) is 90.8 Å². The maximum absolute atomic E-state index is 13.5. The van der Waals surface area contributed by atoms with E-state index < -0.39 is 28.9 Å². The average molecular weight is 628 g/mol. The molecular weight excluding hydrogens is 583 g/mol. The summed E-state index contributed by atoms with van der Waals surface area (Å²) in [5, 5.41) is -0.0514. The number of nitrogens with zero attached hydrogens (tertiary/aromatic N) is 4. The van der Waals surface area contributed by atoms with Crippen LogP contribution in [0.1, 0.15) is 52.4 Å². The zero-order valence-electron chi connectivity index (χ0n) is 25.3. The fraction of sp³-hybridized carbons (Fsp3) is 0.621. The molecule has 1 saturated carbocycles. The monoisotopic (exact) mass is 627 g/mol. The van der Waals surface area contributed by atoms with Crippen molar-refractivity contribution in [1.82, 2.24) is 14.5 Å². The standard InChI is InChI=1S/C29H44F3N7O3S/c1-27(2)19-22-20-39(27)26(38(3)4)23(25(40)37-43(41)24(34)10-16-36-17-18-42-22)8-6-14-35-15-9-21(33)7-5-11-28(12-13-28)29(30,31)32/h6,8-10,15-16,22H,5,7,11-14,17-20,33-34H2,1-4H3,(H,37,40)/b8-6-,21-9?,24-10?,26-23-,35-15?,36-16?. The molecule has 10 nitrogen and oxygen atoms in total. The molecule has 1 saturated heterocycles.